The molecule has 2 amide bonds. The van der Waals surface area contributed by atoms with E-state index in [9.17, 15) is 9.59 Å². The van der Waals surface area contributed by atoms with Crippen LogP contribution in [0.2, 0.25) is 0 Å². The molecular formula is C25H24N4O3S. The number of aryl methyl sites for hydroxylation is 3. The van der Waals surface area contributed by atoms with Crippen molar-refractivity contribution in [3.63, 3.8) is 0 Å². The molecule has 0 atom stereocenters. The average molecular weight is 461 g/mol. The van der Waals surface area contributed by atoms with Gasteiger partial charge < -0.3 is 15.1 Å². The lowest BCUT2D eigenvalue weighted by atomic mass is 10.1. The Morgan fingerprint density at radius 3 is 2.42 bits per heavy atom. The number of carbonyl (C=O) groups excluding carboxylic acids is 2. The Balaban J connectivity index is 1.49. The maximum absolute atomic E-state index is 12.7. The zero-order valence-corrected chi connectivity index (χ0v) is 19.5. The Hall–Kier alpha value is -3.65. The standard InChI is InChI=1S/C25H24N4O3S/c1-15-9-11-18(12-10-15)13-26-20(30)14-33-25-28-22(21-16(2)17(3)32-24(21)29-25)27-23(31)19-7-5-4-6-8-19/h4-12H,13-14H2,1-3H3,(H,26,30)(H,27,28,29,31). The highest BCUT2D eigenvalue weighted by atomic mass is 32.2. The first-order valence-electron chi connectivity index (χ1n) is 10.5. The van der Waals surface area contributed by atoms with Crippen LogP contribution in [0, 0.1) is 20.8 Å². The molecule has 0 fully saturated rings. The van der Waals surface area contributed by atoms with Crippen LogP contribution in [0.5, 0.6) is 0 Å². The Kier molecular flexibility index (Phi) is 6.74. The summed E-state index contributed by atoms with van der Waals surface area (Å²) < 4.78 is 5.77. The van der Waals surface area contributed by atoms with Crippen molar-refractivity contribution in [2.75, 3.05) is 11.1 Å². The van der Waals surface area contributed by atoms with Gasteiger partial charge in [0.05, 0.1) is 11.1 Å². The van der Waals surface area contributed by atoms with Crippen molar-refractivity contribution in [3.8, 4) is 0 Å². The van der Waals surface area contributed by atoms with Crippen molar-refractivity contribution in [3.05, 3.63) is 82.6 Å². The van der Waals surface area contributed by atoms with E-state index in [1.807, 2.05) is 51.1 Å². The molecule has 0 spiro atoms. The number of thioether (sulfide) groups is 1. The van der Waals surface area contributed by atoms with Crippen molar-refractivity contribution in [1.29, 1.82) is 0 Å². The van der Waals surface area contributed by atoms with E-state index >= 15 is 0 Å². The average Bonchev–Trinajstić information content (AvgIpc) is 3.11. The Morgan fingerprint density at radius 1 is 0.970 bits per heavy atom. The highest BCUT2D eigenvalue weighted by Gasteiger charge is 2.19. The topological polar surface area (TPSA) is 97.1 Å². The van der Waals surface area contributed by atoms with Crippen molar-refractivity contribution in [1.82, 2.24) is 15.3 Å². The molecule has 2 heterocycles. The highest BCUT2D eigenvalue weighted by molar-refractivity contribution is 7.99. The van der Waals surface area contributed by atoms with E-state index in [4.69, 9.17) is 4.42 Å². The molecular weight excluding hydrogens is 436 g/mol. The number of hydrogen-bond acceptors (Lipinski definition) is 6. The summed E-state index contributed by atoms with van der Waals surface area (Å²) in [5.41, 5.74) is 3.97. The Morgan fingerprint density at radius 2 is 1.70 bits per heavy atom. The van der Waals surface area contributed by atoms with Gasteiger partial charge in [0.1, 0.15) is 11.6 Å². The molecule has 0 saturated carbocycles. The predicted octanol–water partition coefficient (Wildman–Crippen LogP) is 4.81. The van der Waals surface area contributed by atoms with E-state index in [1.54, 1.807) is 24.3 Å². The smallest absolute Gasteiger partial charge is 0.256 e. The summed E-state index contributed by atoms with van der Waals surface area (Å²) in [7, 11) is 0. The lowest BCUT2D eigenvalue weighted by Crippen LogP contribution is -2.24. The van der Waals surface area contributed by atoms with Gasteiger partial charge in [-0.25, -0.2) is 4.98 Å². The molecule has 2 aromatic carbocycles. The van der Waals surface area contributed by atoms with Gasteiger partial charge in [0.15, 0.2) is 5.16 Å². The first-order chi connectivity index (χ1) is 15.9. The van der Waals surface area contributed by atoms with E-state index in [-0.39, 0.29) is 17.6 Å². The van der Waals surface area contributed by atoms with Crippen LogP contribution in [0.4, 0.5) is 5.82 Å². The number of benzene rings is 2. The number of anilines is 1. The van der Waals surface area contributed by atoms with E-state index in [0.717, 1.165) is 11.1 Å². The molecule has 33 heavy (non-hydrogen) atoms. The first kappa shape index (κ1) is 22.5. The van der Waals surface area contributed by atoms with Crippen LogP contribution >= 0.6 is 11.8 Å². The molecule has 0 aliphatic rings. The maximum atomic E-state index is 12.7. The summed E-state index contributed by atoms with van der Waals surface area (Å²) in [6.45, 7) is 6.21. The van der Waals surface area contributed by atoms with Crippen LogP contribution in [0.15, 0.2) is 64.2 Å². The second-order valence-electron chi connectivity index (χ2n) is 7.69. The normalized spacial score (nSPS) is 10.9. The van der Waals surface area contributed by atoms with E-state index in [0.29, 0.717) is 39.9 Å². The van der Waals surface area contributed by atoms with Gasteiger partial charge in [0.25, 0.3) is 5.91 Å². The summed E-state index contributed by atoms with van der Waals surface area (Å²) in [6, 6.07) is 16.9. The molecule has 0 bridgehead atoms. The van der Waals surface area contributed by atoms with Crippen LogP contribution in [0.1, 0.15) is 32.8 Å². The minimum Gasteiger partial charge on any atom is -0.443 e. The van der Waals surface area contributed by atoms with Gasteiger partial charge in [-0.05, 0) is 38.5 Å². The number of nitrogens with zero attached hydrogens (tertiary/aromatic N) is 2. The van der Waals surface area contributed by atoms with Crippen molar-refractivity contribution >= 4 is 40.5 Å². The molecule has 0 unspecified atom stereocenters. The van der Waals surface area contributed by atoms with Crippen LogP contribution in [0.3, 0.4) is 0 Å². The van der Waals surface area contributed by atoms with E-state index in [2.05, 4.69) is 20.6 Å². The molecule has 2 aromatic heterocycles. The number of fused-ring (bicyclic) bond motifs is 1. The number of amides is 2. The van der Waals surface area contributed by atoms with Gasteiger partial charge in [0, 0.05) is 17.7 Å². The molecule has 0 aliphatic heterocycles. The van der Waals surface area contributed by atoms with Crippen molar-refractivity contribution < 1.29 is 14.0 Å². The van der Waals surface area contributed by atoms with Crippen molar-refractivity contribution in [2.24, 2.45) is 0 Å². The van der Waals surface area contributed by atoms with Crippen LogP contribution < -0.4 is 10.6 Å². The molecule has 2 N–H and O–H groups in total. The number of aromatic nitrogens is 2. The summed E-state index contributed by atoms with van der Waals surface area (Å²) in [4.78, 5) is 34.0. The first-order valence-corrected chi connectivity index (χ1v) is 11.5. The van der Waals surface area contributed by atoms with Gasteiger partial charge >= 0.3 is 0 Å². The molecule has 4 aromatic rings. The summed E-state index contributed by atoms with van der Waals surface area (Å²) in [6.07, 6.45) is 0. The van der Waals surface area contributed by atoms with Crippen molar-refractivity contribution in [2.45, 2.75) is 32.5 Å². The lowest BCUT2D eigenvalue weighted by Gasteiger charge is -2.09. The van der Waals surface area contributed by atoms with Gasteiger partial charge in [-0.3, -0.25) is 9.59 Å². The molecule has 4 rings (SSSR count). The number of furan rings is 1. The maximum Gasteiger partial charge on any atom is 0.256 e. The molecule has 168 valence electrons. The fourth-order valence-electron chi connectivity index (χ4n) is 3.24. The monoisotopic (exact) mass is 460 g/mol. The van der Waals surface area contributed by atoms with Gasteiger partial charge in [0.2, 0.25) is 11.6 Å². The number of carbonyl (C=O) groups is 2. The number of hydrogen-bond donors (Lipinski definition) is 2. The van der Waals surface area contributed by atoms with Crippen LogP contribution in [-0.4, -0.2) is 27.5 Å². The highest BCUT2D eigenvalue weighted by Crippen LogP contribution is 2.31. The zero-order chi connectivity index (χ0) is 23.4. The fourth-order valence-corrected chi connectivity index (χ4v) is 3.91. The second kappa shape index (κ2) is 9.87. The van der Waals surface area contributed by atoms with E-state index in [1.165, 1.54) is 17.3 Å². The predicted molar refractivity (Wildman–Crippen MR) is 129 cm³/mol. The molecule has 8 heteroatoms. The fraction of sp³-hybridized carbons (Fsp3) is 0.200. The zero-order valence-electron chi connectivity index (χ0n) is 18.6. The minimum absolute atomic E-state index is 0.133. The molecule has 0 radical (unpaired) electrons. The third kappa shape index (κ3) is 5.40. The Labute approximate surface area is 196 Å². The van der Waals surface area contributed by atoms with Gasteiger partial charge in [-0.2, -0.15) is 4.98 Å². The summed E-state index contributed by atoms with van der Waals surface area (Å²) >= 11 is 1.19. The van der Waals surface area contributed by atoms with Gasteiger partial charge in [-0.1, -0.05) is 59.8 Å². The largest absolute Gasteiger partial charge is 0.443 e. The number of rotatable bonds is 7. The minimum atomic E-state index is -0.277. The van der Waals surface area contributed by atoms with Crippen LogP contribution in [0.25, 0.3) is 11.1 Å². The quantitative estimate of drug-likeness (QED) is 0.303. The third-order valence-electron chi connectivity index (χ3n) is 5.22. The van der Waals surface area contributed by atoms with Crippen LogP contribution in [-0.2, 0) is 11.3 Å². The Bertz CT molecular complexity index is 1300. The third-order valence-corrected chi connectivity index (χ3v) is 6.07. The van der Waals surface area contributed by atoms with Gasteiger partial charge in [-0.15, -0.1) is 0 Å². The second-order valence-corrected chi connectivity index (χ2v) is 8.63. The van der Waals surface area contributed by atoms with E-state index < -0.39 is 0 Å². The molecule has 7 nitrogen and oxygen atoms in total. The lowest BCUT2D eigenvalue weighted by molar-refractivity contribution is -0.118. The summed E-state index contributed by atoms with van der Waals surface area (Å²) in [5, 5.41) is 6.78. The molecule has 0 aliphatic carbocycles. The SMILES string of the molecule is Cc1ccc(CNC(=O)CSc2nc(NC(=O)c3ccccc3)c3c(C)c(C)oc3n2)cc1. The summed E-state index contributed by atoms with van der Waals surface area (Å²) in [5.74, 6) is 0.798. The molecule has 0 saturated heterocycles. The number of nitrogens with one attached hydrogen (secondary N) is 2.